The molecular weight excluding hydrogens is 468 g/mol. The van der Waals surface area contributed by atoms with Crippen LogP contribution in [0.25, 0.3) is 21.6 Å². The predicted molar refractivity (Wildman–Crippen MR) is 137 cm³/mol. The Hall–Kier alpha value is -3.34. The van der Waals surface area contributed by atoms with Crippen molar-refractivity contribution in [1.82, 2.24) is 4.37 Å². The van der Waals surface area contributed by atoms with E-state index in [1.165, 1.54) is 11.5 Å². The summed E-state index contributed by atoms with van der Waals surface area (Å²) < 4.78 is 26.4. The lowest BCUT2D eigenvalue weighted by Crippen LogP contribution is -2.66. The molecule has 0 saturated carbocycles. The van der Waals surface area contributed by atoms with Crippen LogP contribution in [0.1, 0.15) is 19.3 Å². The minimum Gasteiger partial charge on any atom is -0.495 e. The zero-order valence-electron chi connectivity index (χ0n) is 20.6. The molecule has 1 atom stereocenters. The van der Waals surface area contributed by atoms with Gasteiger partial charge in [0, 0.05) is 23.7 Å². The molecule has 6 N–H and O–H groups in total. The smallest absolute Gasteiger partial charge is 0.282 e. The molecule has 0 aliphatic carbocycles. The highest BCUT2D eigenvalue weighted by atomic mass is 32.1. The third-order valence-corrected chi connectivity index (χ3v) is 6.49. The van der Waals surface area contributed by atoms with E-state index in [0.717, 1.165) is 34.4 Å². The average Bonchev–Trinajstić information content (AvgIpc) is 3.37. The topological polar surface area (TPSA) is 133 Å². The Bertz CT molecular complexity index is 1130. The van der Waals surface area contributed by atoms with E-state index in [-0.39, 0.29) is 11.9 Å². The minimum atomic E-state index is -0.382. The Kier molecular flexibility index (Phi) is 9.30. The molecule has 0 radical (unpaired) electrons. The van der Waals surface area contributed by atoms with E-state index in [0.29, 0.717) is 41.7 Å². The summed E-state index contributed by atoms with van der Waals surface area (Å²) in [6, 6.07) is 9.04. The van der Waals surface area contributed by atoms with Gasteiger partial charge in [-0.2, -0.15) is 4.37 Å². The number of carbonyl (C=O) groups is 1. The first-order valence-electron chi connectivity index (χ1n) is 11.2. The van der Waals surface area contributed by atoms with Crippen molar-refractivity contribution < 1.29 is 29.5 Å². The largest absolute Gasteiger partial charge is 0.495 e. The van der Waals surface area contributed by atoms with Gasteiger partial charge in [-0.3, -0.25) is 4.79 Å². The van der Waals surface area contributed by atoms with E-state index >= 15 is 0 Å². The van der Waals surface area contributed by atoms with Crippen LogP contribution in [0, 0.1) is 0 Å². The highest BCUT2D eigenvalue weighted by Crippen LogP contribution is 2.45. The normalized spacial score (nSPS) is 11.6. The zero-order valence-corrected chi connectivity index (χ0v) is 21.4. The van der Waals surface area contributed by atoms with Gasteiger partial charge in [-0.1, -0.05) is 6.07 Å². The lowest BCUT2D eigenvalue weighted by atomic mass is 10.0. The molecule has 0 aliphatic heterocycles. The zero-order chi connectivity index (χ0) is 25.4. The molecule has 1 amide bonds. The van der Waals surface area contributed by atoms with Gasteiger partial charge in [-0.05, 0) is 60.7 Å². The summed E-state index contributed by atoms with van der Waals surface area (Å²) in [7, 11) is 6.30. The van der Waals surface area contributed by atoms with Crippen molar-refractivity contribution in [1.29, 1.82) is 0 Å². The molecule has 10 heteroatoms. The molecule has 3 rings (SSSR count). The number of aromatic nitrogens is 1. The van der Waals surface area contributed by atoms with Crippen LogP contribution in [-0.4, -0.2) is 51.3 Å². The molecular formula is C25H33N4O5S+. The first-order chi connectivity index (χ1) is 17.0. The molecule has 1 heterocycles. The summed E-state index contributed by atoms with van der Waals surface area (Å²) >= 11 is 1.35. The Morgan fingerprint density at radius 3 is 2.29 bits per heavy atom. The van der Waals surface area contributed by atoms with Crippen molar-refractivity contribution in [2.45, 2.75) is 25.3 Å². The summed E-state index contributed by atoms with van der Waals surface area (Å²) in [5, 5.41) is 2.97. The van der Waals surface area contributed by atoms with Crippen LogP contribution in [-0.2, 0) is 4.79 Å². The second-order valence-electron chi connectivity index (χ2n) is 7.87. The maximum atomic E-state index is 12.8. The SMILES string of the molecule is COc1ccc(-c2cnsc2-c2cc(OC)c(OC)c(OC)c2)cc1NC(=O)[C@@H]([NH3+])CCCCN. The molecule has 9 nitrogen and oxygen atoms in total. The van der Waals surface area contributed by atoms with E-state index in [9.17, 15) is 4.79 Å². The Labute approximate surface area is 209 Å². The number of anilines is 1. The van der Waals surface area contributed by atoms with E-state index in [1.807, 2.05) is 30.3 Å². The fourth-order valence-corrected chi connectivity index (χ4v) is 4.50. The number of hydrogen-bond donors (Lipinski definition) is 3. The van der Waals surface area contributed by atoms with Crippen molar-refractivity contribution in [3.63, 3.8) is 0 Å². The summed E-state index contributed by atoms with van der Waals surface area (Å²) in [6.07, 6.45) is 4.19. The molecule has 3 aromatic rings. The number of hydrogen-bond acceptors (Lipinski definition) is 8. The highest BCUT2D eigenvalue weighted by Gasteiger charge is 2.21. The number of carbonyl (C=O) groups excluding carboxylic acids is 1. The first kappa shape index (κ1) is 26.3. The van der Waals surface area contributed by atoms with Gasteiger partial charge < -0.3 is 35.7 Å². The quantitative estimate of drug-likeness (QED) is 0.325. The third kappa shape index (κ3) is 6.02. The molecule has 1 aromatic heterocycles. The van der Waals surface area contributed by atoms with Crippen LogP contribution < -0.4 is 35.7 Å². The Morgan fingerprint density at radius 2 is 1.69 bits per heavy atom. The van der Waals surface area contributed by atoms with Crippen LogP contribution in [0.5, 0.6) is 23.0 Å². The standard InChI is InChI=1S/C25H32N4O5S/c1-31-20-9-8-15(11-19(20)29-25(30)18(27)7-5-6-10-26)17-14-28-35-24(17)16-12-21(32-2)23(34-4)22(13-16)33-3/h8-9,11-14,18H,5-7,10,26-27H2,1-4H3,(H,29,30)/p+1/t18-/m0/s1. The number of unbranched alkanes of at least 4 members (excludes halogenated alkanes) is 1. The van der Waals surface area contributed by atoms with Gasteiger partial charge in [-0.25, -0.2) is 0 Å². The summed E-state index contributed by atoms with van der Waals surface area (Å²) in [6.45, 7) is 0.604. The van der Waals surface area contributed by atoms with Gasteiger partial charge in [-0.15, -0.1) is 0 Å². The van der Waals surface area contributed by atoms with Gasteiger partial charge in [0.05, 0.1) is 39.0 Å². The van der Waals surface area contributed by atoms with E-state index in [1.54, 1.807) is 34.6 Å². The molecule has 0 fully saturated rings. The number of nitrogens with one attached hydrogen (secondary N) is 1. The lowest BCUT2D eigenvalue weighted by Gasteiger charge is -2.15. The molecule has 188 valence electrons. The maximum Gasteiger partial charge on any atom is 0.282 e. The molecule has 2 aromatic carbocycles. The van der Waals surface area contributed by atoms with Crippen LogP contribution in [0.3, 0.4) is 0 Å². The number of methoxy groups -OCH3 is 4. The highest BCUT2D eigenvalue weighted by molar-refractivity contribution is 7.10. The minimum absolute atomic E-state index is 0.161. The number of amides is 1. The number of ether oxygens (including phenoxy) is 4. The first-order valence-corrected chi connectivity index (χ1v) is 12.0. The molecule has 0 saturated heterocycles. The summed E-state index contributed by atoms with van der Waals surface area (Å²) in [5.41, 5.74) is 12.8. The maximum absolute atomic E-state index is 12.8. The van der Waals surface area contributed by atoms with Gasteiger partial charge in [0.15, 0.2) is 17.5 Å². The van der Waals surface area contributed by atoms with E-state index in [4.69, 9.17) is 24.7 Å². The van der Waals surface area contributed by atoms with Crippen molar-refractivity contribution >= 4 is 23.1 Å². The second kappa shape index (κ2) is 12.4. The van der Waals surface area contributed by atoms with Gasteiger partial charge in [0.25, 0.3) is 5.91 Å². The van der Waals surface area contributed by atoms with Gasteiger partial charge in [0.2, 0.25) is 5.75 Å². The van der Waals surface area contributed by atoms with Crippen LogP contribution in [0.15, 0.2) is 36.5 Å². The van der Waals surface area contributed by atoms with Gasteiger partial charge in [0.1, 0.15) is 5.75 Å². The number of nitrogens with zero attached hydrogens (tertiary/aromatic N) is 1. The van der Waals surface area contributed by atoms with Gasteiger partial charge >= 0.3 is 0 Å². The van der Waals surface area contributed by atoms with Crippen molar-refractivity contribution in [2.24, 2.45) is 5.73 Å². The Morgan fingerprint density at radius 1 is 1.00 bits per heavy atom. The van der Waals surface area contributed by atoms with Crippen molar-refractivity contribution in [3.05, 3.63) is 36.5 Å². The average molecular weight is 502 g/mol. The predicted octanol–water partition coefficient (Wildman–Crippen LogP) is 3.19. The molecule has 0 bridgehead atoms. The van der Waals surface area contributed by atoms with Crippen molar-refractivity contribution in [2.75, 3.05) is 40.3 Å². The third-order valence-electron chi connectivity index (χ3n) is 5.64. The Balaban J connectivity index is 1.96. The monoisotopic (exact) mass is 501 g/mol. The molecule has 0 aliphatic rings. The van der Waals surface area contributed by atoms with Crippen LogP contribution >= 0.6 is 11.5 Å². The fourth-order valence-electron chi connectivity index (χ4n) is 3.74. The summed E-state index contributed by atoms with van der Waals surface area (Å²) in [5.74, 6) is 2.04. The number of benzene rings is 2. The summed E-state index contributed by atoms with van der Waals surface area (Å²) in [4.78, 5) is 13.7. The van der Waals surface area contributed by atoms with E-state index < -0.39 is 0 Å². The second-order valence-corrected chi connectivity index (χ2v) is 8.67. The molecule has 0 unspecified atom stereocenters. The lowest BCUT2D eigenvalue weighted by molar-refractivity contribution is -0.404. The van der Waals surface area contributed by atoms with Crippen molar-refractivity contribution in [3.8, 4) is 44.6 Å². The van der Waals surface area contributed by atoms with Crippen LogP contribution in [0.4, 0.5) is 5.69 Å². The molecule has 0 spiro atoms. The number of rotatable bonds is 12. The number of nitrogens with two attached hydrogens (primary N) is 1. The molecule has 35 heavy (non-hydrogen) atoms. The van der Waals surface area contributed by atoms with E-state index in [2.05, 4.69) is 15.4 Å². The fraction of sp³-hybridized carbons (Fsp3) is 0.360. The number of quaternary nitrogens is 1. The van der Waals surface area contributed by atoms with Crippen LogP contribution in [0.2, 0.25) is 0 Å².